The Hall–Kier alpha value is -1.66. The van der Waals surface area contributed by atoms with E-state index in [1.165, 1.54) is 5.56 Å². The van der Waals surface area contributed by atoms with Gasteiger partial charge in [-0.2, -0.15) is 11.3 Å². The number of amides is 1. The normalized spacial score (nSPS) is 12.6. The van der Waals surface area contributed by atoms with Gasteiger partial charge in [-0.15, -0.1) is 0 Å². The van der Waals surface area contributed by atoms with E-state index in [0.29, 0.717) is 12.2 Å². The Morgan fingerprint density at radius 1 is 1.58 bits per heavy atom. The molecule has 0 bridgehead atoms. The van der Waals surface area contributed by atoms with Crippen molar-refractivity contribution in [2.24, 2.45) is 0 Å². The molecule has 5 nitrogen and oxygen atoms in total. The zero-order valence-corrected chi connectivity index (χ0v) is 12.0. The number of aryl methyl sites for hydroxylation is 1. The quantitative estimate of drug-likeness (QED) is 0.910. The van der Waals surface area contributed by atoms with Gasteiger partial charge >= 0.3 is 0 Å². The van der Waals surface area contributed by atoms with Crippen LogP contribution in [0, 0.1) is 6.92 Å². The van der Waals surface area contributed by atoms with Gasteiger partial charge in [-0.05, 0) is 43.4 Å². The molecule has 2 aromatic heterocycles. The maximum Gasteiger partial charge on any atom is 0.289 e. The van der Waals surface area contributed by atoms with Crippen molar-refractivity contribution in [2.45, 2.75) is 13.0 Å². The molecule has 1 atom stereocenters. The summed E-state index contributed by atoms with van der Waals surface area (Å²) in [5.74, 6) is 0.0167. The Bertz CT molecular complexity index is 534. The Morgan fingerprint density at radius 2 is 2.37 bits per heavy atom. The van der Waals surface area contributed by atoms with Crippen LogP contribution in [0.5, 0.6) is 0 Å². The fourth-order valence-corrected chi connectivity index (χ4v) is 2.52. The standard InChI is InChI=1S/C13H17N3O2S/c1-9-6-12(18-15-9)13(17)14-7-11(16(2)3)10-4-5-19-8-10/h4-6,8,11H,7H2,1-3H3,(H,14,17). The molecule has 2 aromatic rings. The lowest BCUT2D eigenvalue weighted by Gasteiger charge is -2.23. The maximum absolute atomic E-state index is 11.9. The number of carbonyl (C=O) groups is 1. The first-order valence-electron chi connectivity index (χ1n) is 5.98. The van der Waals surface area contributed by atoms with Crippen LogP contribution in [0.2, 0.25) is 0 Å². The van der Waals surface area contributed by atoms with Gasteiger partial charge in [0.05, 0.1) is 11.7 Å². The van der Waals surface area contributed by atoms with Crippen molar-refractivity contribution in [3.05, 3.63) is 39.9 Å². The van der Waals surface area contributed by atoms with Gasteiger partial charge in [0.25, 0.3) is 5.91 Å². The number of nitrogens with one attached hydrogen (secondary N) is 1. The molecule has 0 aliphatic rings. The molecule has 0 aliphatic carbocycles. The number of rotatable bonds is 5. The second kappa shape index (κ2) is 5.99. The van der Waals surface area contributed by atoms with Crippen molar-refractivity contribution < 1.29 is 9.32 Å². The number of hydrogen-bond donors (Lipinski definition) is 1. The number of hydrogen-bond acceptors (Lipinski definition) is 5. The molecular formula is C13H17N3O2S. The summed E-state index contributed by atoms with van der Waals surface area (Å²) >= 11 is 1.65. The van der Waals surface area contributed by atoms with Crippen LogP contribution < -0.4 is 5.32 Å². The summed E-state index contributed by atoms with van der Waals surface area (Å²) in [6, 6.07) is 3.85. The molecule has 0 saturated carbocycles. The van der Waals surface area contributed by atoms with Crippen LogP contribution in [0.3, 0.4) is 0 Å². The molecule has 2 rings (SSSR count). The van der Waals surface area contributed by atoms with Gasteiger partial charge < -0.3 is 14.7 Å². The highest BCUT2D eigenvalue weighted by Crippen LogP contribution is 2.20. The SMILES string of the molecule is Cc1cc(C(=O)NCC(c2ccsc2)N(C)C)on1. The fourth-order valence-electron chi connectivity index (χ4n) is 1.81. The van der Waals surface area contributed by atoms with Crippen LogP contribution in [0.25, 0.3) is 0 Å². The maximum atomic E-state index is 11.9. The smallest absolute Gasteiger partial charge is 0.289 e. The summed E-state index contributed by atoms with van der Waals surface area (Å²) in [7, 11) is 3.99. The van der Waals surface area contributed by atoms with E-state index >= 15 is 0 Å². The third kappa shape index (κ3) is 3.42. The van der Waals surface area contributed by atoms with E-state index in [9.17, 15) is 4.79 Å². The molecule has 0 radical (unpaired) electrons. The molecule has 1 amide bonds. The molecule has 1 N–H and O–H groups in total. The van der Waals surface area contributed by atoms with Crippen molar-refractivity contribution in [1.29, 1.82) is 0 Å². The lowest BCUT2D eigenvalue weighted by molar-refractivity contribution is 0.0905. The van der Waals surface area contributed by atoms with Crippen LogP contribution in [-0.4, -0.2) is 36.6 Å². The first-order chi connectivity index (χ1) is 9.08. The first-order valence-corrected chi connectivity index (χ1v) is 6.92. The van der Waals surface area contributed by atoms with Gasteiger partial charge in [0.2, 0.25) is 5.76 Å². The van der Waals surface area contributed by atoms with Crippen molar-refractivity contribution in [2.75, 3.05) is 20.6 Å². The van der Waals surface area contributed by atoms with Gasteiger partial charge in [-0.1, -0.05) is 5.16 Å². The largest absolute Gasteiger partial charge is 0.351 e. The lowest BCUT2D eigenvalue weighted by atomic mass is 10.1. The second-order valence-electron chi connectivity index (χ2n) is 4.58. The molecule has 0 spiro atoms. The number of likely N-dealkylation sites (N-methyl/N-ethyl adjacent to an activating group) is 1. The third-order valence-corrected chi connectivity index (χ3v) is 3.56. The van der Waals surface area contributed by atoms with Crippen molar-refractivity contribution in [3.8, 4) is 0 Å². The Balaban J connectivity index is 1.98. The summed E-state index contributed by atoms with van der Waals surface area (Å²) in [5, 5.41) is 10.7. The molecule has 1 unspecified atom stereocenters. The van der Waals surface area contributed by atoms with Crippen molar-refractivity contribution in [3.63, 3.8) is 0 Å². The minimum atomic E-state index is -0.234. The van der Waals surface area contributed by atoms with E-state index in [2.05, 4.69) is 26.8 Å². The first kappa shape index (κ1) is 13.8. The minimum Gasteiger partial charge on any atom is -0.351 e. The lowest BCUT2D eigenvalue weighted by Crippen LogP contribution is -2.34. The van der Waals surface area contributed by atoms with Crippen molar-refractivity contribution >= 4 is 17.2 Å². The number of aromatic nitrogens is 1. The summed E-state index contributed by atoms with van der Waals surface area (Å²) in [4.78, 5) is 14.0. The highest BCUT2D eigenvalue weighted by molar-refractivity contribution is 7.07. The molecule has 0 aliphatic heterocycles. The van der Waals surface area contributed by atoms with Crippen LogP contribution in [-0.2, 0) is 0 Å². The average Bonchev–Trinajstić information content (AvgIpc) is 3.00. The van der Waals surface area contributed by atoms with E-state index < -0.39 is 0 Å². The molecule has 0 aromatic carbocycles. The van der Waals surface area contributed by atoms with Crippen LogP contribution >= 0.6 is 11.3 Å². The predicted molar refractivity (Wildman–Crippen MR) is 74.3 cm³/mol. The van der Waals surface area contributed by atoms with Crippen LogP contribution in [0.4, 0.5) is 0 Å². The Morgan fingerprint density at radius 3 is 2.89 bits per heavy atom. The molecule has 19 heavy (non-hydrogen) atoms. The van der Waals surface area contributed by atoms with E-state index in [1.54, 1.807) is 24.3 Å². The molecular weight excluding hydrogens is 262 g/mol. The average molecular weight is 279 g/mol. The summed E-state index contributed by atoms with van der Waals surface area (Å²) in [6.07, 6.45) is 0. The zero-order chi connectivity index (χ0) is 13.8. The van der Waals surface area contributed by atoms with Crippen LogP contribution in [0.15, 0.2) is 27.4 Å². The third-order valence-electron chi connectivity index (χ3n) is 2.86. The van der Waals surface area contributed by atoms with Crippen LogP contribution in [0.1, 0.15) is 27.9 Å². The van der Waals surface area contributed by atoms with E-state index in [0.717, 1.165) is 0 Å². The van der Waals surface area contributed by atoms with Gasteiger partial charge in [0.15, 0.2) is 0 Å². The molecule has 102 valence electrons. The molecule has 0 fully saturated rings. The predicted octanol–water partition coefficient (Wildman–Crippen LogP) is 2.08. The Labute approximate surface area is 116 Å². The molecule has 2 heterocycles. The summed E-state index contributed by atoms with van der Waals surface area (Å²) in [6.45, 7) is 2.32. The van der Waals surface area contributed by atoms with E-state index in [-0.39, 0.29) is 17.7 Å². The van der Waals surface area contributed by atoms with Gasteiger partial charge in [0, 0.05) is 12.6 Å². The monoisotopic (exact) mass is 279 g/mol. The van der Waals surface area contributed by atoms with E-state index in [4.69, 9.17) is 4.52 Å². The number of carbonyl (C=O) groups excluding carboxylic acids is 1. The highest BCUT2D eigenvalue weighted by atomic mass is 32.1. The number of thiophene rings is 1. The van der Waals surface area contributed by atoms with E-state index in [1.807, 2.05) is 19.5 Å². The zero-order valence-electron chi connectivity index (χ0n) is 11.2. The summed E-state index contributed by atoms with van der Waals surface area (Å²) < 4.78 is 4.94. The highest BCUT2D eigenvalue weighted by Gasteiger charge is 2.17. The van der Waals surface area contributed by atoms with Gasteiger partial charge in [-0.3, -0.25) is 4.79 Å². The summed E-state index contributed by atoms with van der Waals surface area (Å²) in [5.41, 5.74) is 1.90. The molecule has 6 heteroatoms. The van der Waals surface area contributed by atoms with Crippen molar-refractivity contribution in [1.82, 2.24) is 15.4 Å². The topological polar surface area (TPSA) is 58.4 Å². The Kier molecular flexibility index (Phi) is 4.34. The molecule has 0 saturated heterocycles. The number of nitrogens with zero attached hydrogens (tertiary/aromatic N) is 2. The second-order valence-corrected chi connectivity index (χ2v) is 5.36. The minimum absolute atomic E-state index is 0.152. The van der Waals surface area contributed by atoms with Gasteiger partial charge in [-0.25, -0.2) is 0 Å². The fraction of sp³-hybridized carbons (Fsp3) is 0.385. The van der Waals surface area contributed by atoms with Gasteiger partial charge in [0.1, 0.15) is 0 Å².